The van der Waals surface area contributed by atoms with Crippen molar-refractivity contribution in [1.82, 2.24) is 19.9 Å². The van der Waals surface area contributed by atoms with Gasteiger partial charge >= 0.3 is 0 Å². The summed E-state index contributed by atoms with van der Waals surface area (Å²) in [5, 5.41) is 0.727. The zero-order valence-electron chi connectivity index (χ0n) is 12.4. The zero-order valence-corrected chi connectivity index (χ0v) is 14.0. The smallest absolute Gasteiger partial charge is 0.159 e. The van der Waals surface area contributed by atoms with E-state index in [1.54, 1.807) is 11.3 Å². The van der Waals surface area contributed by atoms with Crippen LogP contribution in [0.3, 0.4) is 0 Å². The molecule has 0 saturated heterocycles. The summed E-state index contributed by atoms with van der Waals surface area (Å²) in [4.78, 5) is 17.1. The Hall–Kier alpha value is -1.82. The second kappa shape index (κ2) is 6.35. The van der Waals surface area contributed by atoms with Crippen molar-refractivity contribution in [3.8, 4) is 11.4 Å². The van der Waals surface area contributed by atoms with Crippen LogP contribution in [0.2, 0.25) is 5.02 Å². The Morgan fingerprint density at radius 3 is 2.83 bits per heavy atom. The second-order valence-electron chi connectivity index (χ2n) is 5.60. The van der Waals surface area contributed by atoms with Crippen LogP contribution in [-0.2, 0) is 19.5 Å². The number of benzene rings is 1. The van der Waals surface area contributed by atoms with Gasteiger partial charge in [0.2, 0.25) is 0 Å². The quantitative estimate of drug-likeness (QED) is 0.725. The van der Waals surface area contributed by atoms with Gasteiger partial charge in [-0.05, 0) is 24.3 Å². The van der Waals surface area contributed by atoms with Gasteiger partial charge in [0.25, 0.3) is 0 Å². The maximum Gasteiger partial charge on any atom is 0.159 e. The summed E-state index contributed by atoms with van der Waals surface area (Å²) in [5.41, 5.74) is 5.27. The van der Waals surface area contributed by atoms with E-state index in [1.807, 2.05) is 42.2 Å². The largest absolute Gasteiger partial charge is 0.293 e. The van der Waals surface area contributed by atoms with Crippen LogP contribution in [0.5, 0.6) is 0 Å². The topological polar surface area (TPSA) is 41.9 Å². The normalized spacial score (nSPS) is 14.7. The Bertz CT molecular complexity index is 802. The first-order valence-corrected chi connectivity index (χ1v) is 8.74. The molecule has 23 heavy (non-hydrogen) atoms. The Kier molecular flexibility index (Phi) is 4.08. The summed E-state index contributed by atoms with van der Waals surface area (Å²) in [6, 6.07) is 7.67. The van der Waals surface area contributed by atoms with Crippen LogP contribution in [0.1, 0.15) is 16.1 Å². The Morgan fingerprint density at radius 1 is 1.17 bits per heavy atom. The Labute approximate surface area is 143 Å². The standard InChI is InChI=1S/C17H15ClN4S/c18-14-3-1-12(2-4-14)17-20-7-13-9-22(6-5-16(13)21-17)10-15-8-19-11-23-15/h1-4,7-8,11H,5-6,9-10H2. The summed E-state index contributed by atoms with van der Waals surface area (Å²) in [6.45, 7) is 2.86. The molecule has 0 spiro atoms. The lowest BCUT2D eigenvalue weighted by atomic mass is 10.1. The van der Waals surface area contributed by atoms with Gasteiger partial charge in [-0.3, -0.25) is 9.88 Å². The van der Waals surface area contributed by atoms with E-state index in [9.17, 15) is 0 Å². The van der Waals surface area contributed by atoms with E-state index in [0.717, 1.165) is 48.2 Å². The molecule has 3 aromatic rings. The van der Waals surface area contributed by atoms with Crippen LogP contribution in [0, 0.1) is 0 Å². The fourth-order valence-electron chi connectivity index (χ4n) is 2.79. The van der Waals surface area contributed by atoms with Gasteiger partial charge in [0.15, 0.2) is 5.82 Å². The molecule has 0 N–H and O–H groups in total. The van der Waals surface area contributed by atoms with Gasteiger partial charge in [-0.25, -0.2) is 9.97 Å². The molecule has 1 aromatic carbocycles. The highest BCUT2D eigenvalue weighted by Crippen LogP contribution is 2.23. The van der Waals surface area contributed by atoms with Gasteiger partial charge in [0.05, 0.1) is 11.2 Å². The van der Waals surface area contributed by atoms with Gasteiger partial charge < -0.3 is 0 Å². The molecule has 0 amide bonds. The minimum absolute atomic E-state index is 0.727. The van der Waals surface area contributed by atoms with E-state index in [1.165, 1.54) is 10.4 Å². The number of hydrogen-bond donors (Lipinski definition) is 0. The van der Waals surface area contributed by atoms with Crippen molar-refractivity contribution in [2.45, 2.75) is 19.5 Å². The molecule has 116 valence electrons. The van der Waals surface area contributed by atoms with Crippen molar-refractivity contribution in [2.75, 3.05) is 6.54 Å². The van der Waals surface area contributed by atoms with Crippen molar-refractivity contribution in [1.29, 1.82) is 0 Å². The van der Waals surface area contributed by atoms with Crippen molar-refractivity contribution in [2.24, 2.45) is 0 Å². The van der Waals surface area contributed by atoms with Crippen molar-refractivity contribution < 1.29 is 0 Å². The highest BCUT2D eigenvalue weighted by molar-refractivity contribution is 7.09. The van der Waals surface area contributed by atoms with E-state index in [4.69, 9.17) is 16.6 Å². The first-order chi connectivity index (χ1) is 11.3. The van der Waals surface area contributed by atoms with Gasteiger partial charge in [0.1, 0.15) is 0 Å². The predicted molar refractivity (Wildman–Crippen MR) is 92.4 cm³/mol. The number of rotatable bonds is 3. The van der Waals surface area contributed by atoms with Crippen molar-refractivity contribution in [3.05, 3.63) is 63.3 Å². The van der Waals surface area contributed by atoms with Crippen LogP contribution < -0.4 is 0 Å². The van der Waals surface area contributed by atoms with Gasteiger partial charge in [0, 0.05) is 59.5 Å². The van der Waals surface area contributed by atoms with E-state index in [0.29, 0.717) is 0 Å². The minimum atomic E-state index is 0.727. The molecule has 0 bridgehead atoms. The van der Waals surface area contributed by atoms with E-state index >= 15 is 0 Å². The molecule has 1 aliphatic heterocycles. The first-order valence-electron chi connectivity index (χ1n) is 7.48. The molecule has 4 rings (SSSR count). The summed E-state index contributed by atoms with van der Waals surface area (Å²) in [5.74, 6) is 0.774. The lowest BCUT2D eigenvalue weighted by Crippen LogP contribution is -2.30. The number of nitrogens with zero attached hydrogens (tertiary/aromatic N) is 4. The number of thiazole rings is 1. The predicted octanol–water partition coefficient (Wildman–Crippen LogP) is 3.81. The van der Waals surface area contributed by atoms with E-state index < -0.39 is 0 Å². The summed E-state index contributed by atoms with van der Waals surface area (Å²) in [7, 11) is 0. The highest BCUT2D eigenvalue weighted by atomic mass is 35.5. The van der Waals surface area contributed by atoms with Crippen LogP contribution in [0.15, 0.2) is 42.2 Å². The van der Waals surface area contributed by atoms with Gasteiger partial charge in [-0.15, -0.1) is 11.3 Å². The van der Waals surface area contributed by atoms with Gasteiger partial charge in [-0.2, -0.15) is 0 Å². The maximum atomic E-state index is 5.94. The van der Waals surface area contributed by atoms with E-state index in [2.05, 4.69) is 14.9 Å². The van der Waals surface area contributed by atoms with Gasteiger partial charge in [-0.1, -0.05) is 11.6 Å². The summed E-state index contributed by atoms with van der Waals surface area (Å²) in [6.07, 6.45) is 4.86. The first kappa shape index (κ1) is 14.8. The minimum Gasteiger partial charge on any atom is -0.293 e. The number of aromatic nitrogens is 3. The lowest BCUT2D eigenvalue weighted by Gasteiger charge is -2.27. The SMILES string of the molecule is Clc1ccc(-c2ncc3c(n2)CCN(Cc2cncs2)C3)cc1. The van der Waals surface area contributed by atoms with Crippen LogP contribution in [0.4, 0.5) is 0 Å². The molecule has 0 aliphatic carbocycles. The molecule has 1 aliphatic rings. The average molecular weight is 343 g/mol. The Balaban J connectivity index is 1.53. The molecular formula is C17H15ClN4S. The molecule has 2 aromatic heterocycles. The maximum absolute atomic E-state index is 5.94. The molecule has 0 fully saturated rings. The van der Waals surface area contributed by atoms with Crippen LogP contribution in [0.25, 0.3) is 11.4 Å². The molecule has 4 nitrogen and oxygen atoms in total. The summed E-state index contributed by atoms with van der Waals surface area (Å²) >= 11 is 7.64. The molecular weight excluding hydrogens is 328 g/mol. The zero-order chi connectivity index (χ0) is 15.6. The molecule has 0 atom stereocenters. The third kappa shape index (κ3) is 3.27. The fourth-order valence-corrected chi connectivity index (χ4v) is 3.55. The van der Waals surface area contributed by atoms with Crippen LogP contribution >= 0.6 is 22.9 Å². The van der Waals surface area contributed by atoms with Crippen LogP contribution in [-0.4, -0.2) is 26.4 Å². The molecule has 0 saturated carbocycles. The molecule has 6 heteroatoms. The number of fused-ring (bicyclic) bond motifs is 1. The second-order valence-corrected chi connectivity index (χ2v) is 7.01. The van der Waals surface area contributed by atoms with Crippen molar-refractivity contribution in [3.63, 3.8) is 0 Å². The lowest BCUT2D eigenvalue weighted by molar-refractivity contribution is 0.245. The summed E-state index contributed by atoms with van der Waals surface area (Å²) < 4.78 is 0. The Morgan fingerprint density at radius 2 is 2.04 bits per heavy atom. The average Bonchev–Trinajstić information content (AvgIpc) is 3.08. The fraction of sp³-hybridized carbons (Fsp3) is 0.235. The number of hydrogen-bond acceptors (Lipinski definition) is 5. The monoisotopic (exact) mass is 342 g/mol. The third-order valence-corrected chi connectivity index (χ3v) is 4.99. The van der Waals surface area contributed by atoms with E-state index in [-0.39, 0.29) is 0 Å². The number of halogens is 1. The highest BCUT2D eigenvalue weighted by Gasteiger charge is 2.19. The molecule has 3 heterocycles. The van der Waals surface area contributed by atoms with Crippen molar-refractivity contribution >= 4 is 22.9 Å². The molecule has 0 radical (unpaired) electrons. The third-order valence-electron chi connectivity index (χ3n) is 3.98. The molecule has 0 unspecified atom stereocenters.